The highest BCUT2D eigenvalue weighted by molar-refractivity contribution is 5.82. The van der Waals surface area contributed by atoms with Crippen molar-refractivity contribution in [3.05, 3.63) is 0 Å². The monoisotopic (exact) mass is 282 g/mol. The first-order valence-electron chi connectivity index (χ1n) is 8.26. The van der Waals surface area contributed by atoms with E-state index in [1.165, 1.54) is 12.8 Å². The molecular formula is C16H30N2O2. The fourth-order valence-corrected chi connectivity index (χ4v) is 3.38. The summed E-state index contributed by atoms with van der Waals surface area (Å²) in [4.78, 5) is 12.1. The number of carbonyl (C=O) groups excluding carboxylic acids is 1. The lowest BCUT2D eigenvalue weighted by Crippen LogP contribution is -2.38. The van der Waals surface area contributed by atoms with E-state index in [1.807, 2.05) is 0 Å². The molecule has 1 amide bonds. The van der Waals surface area contributed by atoms with E-state index in [4.69, 9.17) is 10.5 Å². The van der Waals surface area contributed by atoms with Crippen molar-refractivity contribution >= 4 is 5.91 Å². The van der Waals surface area contributed by atoms with Crippen LogP contribution in [-0.4, -0.2) is 31.2 Å². The van der Waals surface area contributed by atoms with E-state index in [9.17, 15) is 4.79 Å². The van der Waals surface area contributed by atoms with Crippen LogP contribution in [0.1, 0.15) is 64.7 Å². The molecule has 0 saturated heterocycles. The number of nitrogens with two attached hydrogens (primary N) is 1. The zero-order chi connectivity index (χ0) is 14.4. The third-order valence-corrected chi connectivity index (χ3v) is 4.93. The smallest absolute Gasteiger partial charge is 0.225 e. The molecular weight excluding hydrogens is 252 g/mol. The molecule has 4 nitrogen and oxygen atoms in total. The second-order valence-electron chi connectivity index (χ2n) is 6.78. The Hall–Kier alpha value is -0.610. The van der Waals surface area contributed by atoms with Crippen LogP contribution in [0.3, 0.4) is 0 Å². The van der Waals surface area contributed by atoms with Gasteiger partial charge in [0.25, 0.3) is 0 Å². The maximum Gasteiger partial charge on any atom is 0.225 e. The average Bonchev–Trinajstić information content (AvgIpc) is 2.88. The van der Waals surface area contributed by atoms with Crippen molar-refractivity contribution in [3.8, 4) is 0 Å². The zero-order valence-corrected chi connectivity index (χ0v) is 12.8. The van der Waals surface area contributed by atoms with E-state index < -0.39 is 0 Å². The topological polar surface area (TPSA) is 64.3 Å². The Morgan fingerprint density at radius 1 is 1.25 bits per heavy atom. The van der Waals surface area contributed by atoms with Crippen LogP contribution < -0.4 is 11.1 Å². The van der Waals surface area contributed by atoms with Gasteiger partial charge in [-0.25, -0.2) is 0 Å². The minimum atomic E-state index is -0.111. The van der Waals surface area contributed by atoms with Gasteiger partial charge in [-0.2, -0.15) is 0 Å². The number of hydrogen-bond donors (Lipinski definition) is 2. The number of rotatable bonds is 6. The molecule has 3 N–H and O–H groups in total. The van der Waals surface area contributed by atoms with Crippen LogP contribution in [0.2, 0.25) is 0 Å². The lowest BCUT2D eigenvalue weighted by atomic mass is 9.88. The zero-order valence-electron chi connectivity index (χ0n) is 12.8. The lowest BCUT2D eigenvalue weighted by molar-refractivity contribution is -0.129. The van der Waals surface area contributed by atoms with Gasteiger partial charge in [-0.15, -0.1) is 0 Å². The van der Waals surface area contributed by atoms with Gasteiger partial charge >= 0.3 is 0 Å². The van der Waals surface area contributed by atoms with Crippen LogP contribution >= 0.6 is 0 Å². The molecule has 0 atom stereocenters. The standard InChI is InChI=1S/C16H30N2O2/c1-16(9-2-3-10-16)15(19)18-11-4-12-20-14-7-5-13(17)6-8-14/h13-14H,2-12,17H2,1H3,(H,18,19). The molecule has 116 valence electrons. The Labute approximate surface area is 122 Å². The molecule has 2 saturated carbocycles. The maximum absolute atomic E-state index is 12.1. The molecule has 0 aromatic rings. The Morgan fingerprint density at radius 2 is 1.90 bits per heavy atom. The Bertz CT molecular complexity index is 306. The molecule has 2 rings (SSSR count). The highest BCUT2D eigenvalue weighted by atomic mass is 16.5. The second-order valence-corrected chi connectivity index (χ2v) is 6.78. The molecule has 0 bridgehead atoms. The highest BCUT2D eigenvalue weighted by Gasteiger charge is 2.35. The molecule has 0 unspecified atom stereocenters. The van der Waals surface area contributed by atoms with Gasteiger partial charge in [-0.3, -0.25) is 4.79 Å². The number of nitrogens with one attached hydrogen (secondary N) is 1. The fourth-order valence-electron chi connectivity index (χ4n) is 3.38. The number of ether oxygens (including phenoxy) is 1. The van der Waals surface area contributed by atoms with Gasteiger partial charge in [-0.05, 0) is 44.9 Å². The minimum Gasteiger partial charge on any atom is -0.378 e. The summed E-state index contributed by atoms with van der Waals surface area (Å²) in [5, 5.41) is 3.07. The van der Waals surface area contributed by atoms with E-state index >= 15 is 0 Å². The fraction of sp³-hybridized carbons (Fsp3) is 0.938. The van der Waals surface area contributed by atoms with Crippen molar-refractivity contribution in [2.45, 2.75) is 76.9 Å². The summed E-state index contributed by atoms with van der Waals surface area (Å²) < 4.78 is 5.86. The molecule has 0 aromatic heterocycles. The largest absolute Gasteiger partial charge is 0.378 e. The Kier molecular flexibility index (Phi) is 5.85. The van der Waals surface area contributed by atoms with Crippen molar-refractivity contribution in [1.82, 2.24) is 5.32 Å². The molecule has 20 heavy (non-hydrogen) atoms. The summed E-state index contributed by atoms with van der Waals surface area (Å²) in [6.07, 6.45) is 10.1. The first-order valence-corrected chi connectivity index (χ1v) is 8.26. The quantitative estimate of drug-likeness (QED) is 0.735. The first-order chi connectivity index (χ1) is 9.60. The van der Waals surface area contributed by atoms with E-state index in [0.29, 0.717) is 12.1 Å². The second kappa shape index (κ2) is 7.41. The SMILES string of the molecule is CC1(C(=O)NCCCOC2CCC(N)CC2)CCCC1. The van der Waals surface area contributed by atoms with Gasteiger partial charge in [0, 0.05) is 24.6 Å². The van der Waals surface area contributed by atoms with Crippen molar-refractivity contribution in [2.24, 2.45) is 11.1 Å². The molecule has 0 heterocycles. The third-order valence-electron chi connectivity index (χ3n) is 4.93. The lowest BCUT2D eigenvalue weighted by Gasteiger charge is -2.26. The van der Waals surface area contributed by atoms with Crippen LogP contribution in [0.5, 0.6) is 0 Å². The summed E-state index contributed by atoms with van der Waals surface area (Å²) >= 11 is 0. The Balaban J connectivity index is 1.52. The van der Waals surface area contributed by atoms with Crippen LogP contribution in [0, 0.1) is 5.41 Å². The summed E-state index contributed by atoms with van der Waals surface area (Å²) in [5.41, 5.74) is 5.76. The normalized spacial score (nSPS) is 29.3. The van der Waals surface area contributed by atoms with E-state index in [0.717, 1.165) is 58.1 Å². The predicted molar refractivity (Wildman–Crippen MR) is 80.4 cm³/mol. The van der Waals surface area contributed by atoms with Crippen molar-refractivity contribution in [2.75, 3.05) is 13.2 Å². The van der Waals surface area contributed by atoms with Gasteiger partial charge in [0.15, 0.2) is 0 Å². The van der Waals surface area contributed by atoms with Crippen LogP contribution in [0.4, 0.5) is 0 Å². The molecule has 0 aliphatic heterocycles. The van der Waals surface area contributed by atoms with Crippen molar-refractivity contribution in [1.29, 1.82) is 0 Å². The maximum atomic E-state index is 12.1. The molecule has 0 aromatic carbocycles. The average molecular weight is 282 g/mol. The molecule has 0 spiro atoms. The first kappa shape index (κ1) is 15.8. The van der Waals surface area contributed by atoms with Crippen LogP contribution in [-0.2, 0) is 9.53 Å². The number of carbonyl (C=O) groups is 1. The van der Waals surface area contributed by atoms with E-state index in [-0.39, 0.29) is 11.3 Å². The van der Waals surface area contributed by atoms with Gasteiger partial charge in [0.2, 0.25) is 5.91 Å². The molecule has 0 radical (unpaired) electrons. The molecule has 4 heteroatoms. The van der Waals surface area contributed by atoms with E-state index in [1.54, 1.807) is 0 Å². The van der Waals surface area contributed by atoms with Crippen LogP contribution in [0.15, 0.2) is 0 Å². The van der Waals surface area contributed by atoms with E-state index in [2.05, 4.69) is 12.2 Å². The predicted octanol–water partition coefficient (Wildman–Crippen LogP) is 2.36. The van der Waals surface area contributed by atoms with Crippen molar-refractivity contribution in [3.63, 3.8) is 0 Å². The molecule has 2 fully saturated rings. The van der Waals surface area contributed by atoms with Gasteiger partial charge in [0.1, 0.15) is 0 Å². The summed E-state index contributed by atoms with van der Waals surface area (Å²) in [5.74, 6) is 0.235. The minimum absolute atomic E-state index is 0.111. The summed E-state index contributed by atoms with van der Waals surface area (Å²) in [6, 6.07) is 0.376. The van der Waals surface area contributed by atoms with Gasteiger partial charge in [0.05, 0.1) is 6.10 Å². The highest BCUT2D eigenvalue weighted by Crippen LogP contribution is 2.37. The van der Waals surface area contributed by atoms with Crippen molar-refractivity contribution < 1.29 is 9.53 Å². The summed E-state index contributed by atoms with van der Waals surface area (Å²) in [7, 11) is 0. The van der Waals surface area contributed by atoms with Crippen LogP contribution in [0.25, 0.3) is 0 Å². The Morgan fingerprint density at radius 3 is 2.55 bits per heavy atom. The third kappa shape index (κ3) is 4.45. The number of amides is 1. The summed E-state index contributed by atoms with van der Waals surface area (Å²) in [6.45, 7) is 3.58. The van der Waals surface area contributed by atoms with Gasteiger partial charge in [-0.1, -0.05) is 19.8 Å². The van der Waals surface area contributed by atoms with Gasteiger partial charge < -0.3 is 15.8 Å². The molecule has 2 aliphatic rings. The number of hydrogen-bond acceptors (Lipinski definition) is 3. The molecule has 2 aliphatic carbocycles.